The van der Waals surface area contributed by atoms with Gasteiger partial charge in [-0.05, 0) is 47.4 Å². The molecule has 0 fully saturated rings. The number of rotatable bonds is 4. The fraction of sp³-hybridized carbons (Fsp3) is 0.108. The Morgan fingerprint density at radius 2 is 1.32 bits per heavy atom. The summed E-state index contributed by atoms with van der Waals surface area (Å²) in [5.74, 6) is 2.26. The number of hydrogen-bond acceptors (Lipinski definition) is 2. The minimum Gasteiger partial charge on any atom is -0.282 e. The van der Waals surface area contributed by atoms with Gasteiger partial charge in [0.25, 0.3) is 0 Å². The Kier molecular flexibility index (Phi) is 6.90. The third-order valence-corrected chi connectivity index (χ3v) is 7.66. The predicted octanol–water partition coefficient (Wildman–Crippen LogP) is 9.06. The van der Waals surface area contributed by atoms with Crippen molar-refractivity contribution in [3.8, 4) is 11.1 Å². The minimum atomic E-state index is -0.252. The summed E-state index contributed by atoms with van der Waals surface area (Å²) in [5, 5.41) is 0. The van der Waals surface area contributed by atoms with Gasteiger partial charge < -0.3 is 0 Å². The maximum Gasteiger partial charge on any atom is 0.161 e. The van der Waals surface area contributed by atoms with Crippen LogP contribution in [0.2, 0.25) is 0 Å². The van der Waals surface area contributed by atoms with E-state index < -0.39 is 0 Å². The molecule has 2 heterocycles. The molecule has 0 amide bonds. The Labute approximate surface area is 242 Å². The molecule has 200 valence electrons. The highest BCUT2D eigenvalue weighted by Gasteiger charge is 2.38. The van der Waals surface area contributed by atoms with Crippen LogP contribution in [-0.4, -0.2) is 16.7 Å². The number of anilines is 2. The van der Waals surface area contributed by atoms with E-state index in [1.165, 1.54) is 16.7 Å². The maximum absolute atomic E-state index is 5.15. The summed E-state index contributed by atoms with van der Waals surface area (Å²) < 4.78 is 0. The SMILES string of the molecule is C=C(N=C(N=C(C)N1c2ccc(-c3ccccc3)cc2C(C)(C)c2cccnc21)c1ccccc1)c1ccccc1. The van der Waals surface area contributed by atoms with Crippen LogP contribution >= 0.6 is 0 Å². The quantitative estimate of drug-likeness (QED) is 0.171. The Bertz CT molecular complexity index is 1770. The molecule has 41 heavy (non-hydrogen) atoms. The lowest BCUT2D eigenvalue weighted by Crippen LogP contribution is -2.36. The number of hydrogen-bond donors (Lipinski definition) is 0. The molecule has 1 aliphatic rings. The molecule has 0 unspecified atom stereocenters. The van der Waals surface area contributed by atoms with Gasteiger partial charge in [-0.3, -0.25) is 4.90 Å². The number of benzene rings is 4. The van der Waals surface area contributed by atoms with E-state index in [2.05, 4.69) is 73.9 Å². The number of nitrogens with zero attached hydrogens (tertiary/aromatic N) is 4. The van der Waals surface area contributed by atoms with Crippen LogP contribution < -0.4 is 4.90 Å². The van der Waals surface area contributed by atoms with Gasteiger partial charge in [-0.1, -0.05) is 124 Å². The van der Waals surface area contributed by atoms with Gasteiger partial charge in [-0.15, -0.1) is 0 Å². The number of aliphatic imine (C=N–C) groups is 2. The fourth-order valence-corrected chi connectivity index (χ4v) is 5.46. The molecule has 0 bridgehead atoms. The molecule has 6 rings (SSSR count). The van der Waals surface area contributed by atoms with Crippen molar-refractivity contribution in [2.45, 2.75) is 26.2 Å². The first-order valence-electron chi connectivity index (χ1n) is 13.8. The van der Waals surface area contributed by atoms with E-state index in [1.54, 1.807) is 0 Å². The number of aromatic nitrogens is 1. The molecule has 0 N–H and O–H groups in total. The summed E-state index contributed by atoms with van der Waals surface area (Å²) >= 11 is 0. The third kappa shape index (κ3) is 5.01. The second-order valence-electron chi connectivity index (χ2n) is 10.7. The predicted molar refractivity (Wildman–Crippen MR) is 172 cm³/mol. The molecule has 0 atom stereocenters. The summed E-state index contributed by atoms with van der Waals surface area (Å²) in [6.45, 7) is 10.8. The van der Waals surface area contributed by atoms with Crippen molar-refractivity contribution in [3.63, 3.8) is 0 Å². The molecule has 4 heteroatoms. The van der Waals surface area contributed by atoms with Crippen LogP contribution in [-0.2, 0) is 5.41 Å². The van der Waals surface area contributed by atoms with E-state index in [0.29, 0.717) is 11.5 Å². The van der Waals surface area contributed by atoms with Crippen LogP contribution in [0.15, 0.2) is 144 Å². The smallest absolute Gasteiger partial charge is 0.161 e. The molecule has 0 radical (unpaired) electrons. The van der Waals surface area contributed by atoms with Crippen molar-refractivity contribution in [3.05, 3.63) is 156 Å². The number of pyridine rings is 1. The summed E-state index contributed by atoms with van der Waals surface area (Å²) in [6.07, 6.45) is 1.85. The lowest BCUT2D eigenvalue weighted by Gasteiger charge is -2.41. The molecule has 0 aliphatic carbocycles. The van der Waals surface area contributed by atoms with E-state index in [9.17, 15) is 0 Å². The Hall–Kier alpha value is -5.09. The summed E-state index contributed by atoms with van der Waals surface area (Å²) in [5.41, 5.74) is 8.10. The molecule has 1 aromatic heterocycles. The monoisotopic (exact) mass is 532 g/mol. The topological polar surface area (TPSA) is 40.9 Å². The van der Waals surface area contributed by atoms with Crippen molar-refractivity contribution >= 4 is 28.9 Å². The highest BCUT2D eigenvalue weighted by molar-refractivity contribution is 6.14. The highest BCUT2D eigenvalue weighted by atomic mass is 15.3. The average Bonchev–Trinajstić information content (AvgIpc) is 3.02. The summed E-state index contributed by atoms with van der Waals surface area (Å²) in [7, 11) is 0. The lowest BCUT2D eigenvalue weighted by molar-refractivity contribution is 0.629. The van der Waals surface area contributed by atoms with Gasteiger partial charge in [0.15, 0.2) is 5.84 Å². The average molecular weight is 533 g/mol. The molecule has 5 aromatic rings. The maximum atomic E-state index is 5.15. The van der Waals surface area contributed by atoms with Crippen molar-refractivity contribution in [1.82, 2.24) is 4.98 Å². The van der Waals surface area contributed by atoms with Crippen LogP contribution in [0.3, 0.4) is 0 Å². The van der Waals surface area contributed by atoms with Gasteiger partial charge in [-0.2, -0.15) is 0 Å². The van der Waals surface area contributed by atoms with Crippen LogP contribution in [0.1, 0.15) is 43.0 Å². The van der Waals surface area contributed by atoms with E-state index in [1.807, 2.05) is 85.9 Å². The molecule has 1 aliphatic heterocycles. The number of amidine groups is 2. The molecule has 0 saturated heterocycles. The number of fused-ring (bicyclic) bond motifs is 2. The first kappa shape index (κ1) is 26.1. The lowest BCUT2D eigenvalue weighted by atomic mass is 9.74. The molecule has 4 aromatic carbocycles. The van der Waals surface area contributed by atoms with Crippen molar-refractivity contribution < 1.29 is 0 Å². The first-order valence-corrected chi connectivity index (χ1v) is 13.8. The van der Waals surface area contributed by atoms with Crippen LogP contribution in [0.4, 0.5) is 11.5 Å². The molecule has 0 spiro atoms. The van der Waals surface area contributed by atoms with Gasteiger partial charge in [0.05, 0.1) is 11.4 Å². The van der Waals surface area contributed by atoms with E-state index in [4.69, 9.17) is 15.0 Å². The largest absolute Gasteiger partial charge is 0.282 e. The zero-order valence-corrected chi connectivity index (χ0v) is 23.6. The van der Waals surface area contributed by atoms with Gasteiger partial charge >= 0.3 is 0 Å². The van der Waals surface area contributed by atoms with E-state index >= 15 is 0 Å². The summed E-state index contributed by atoms with van der Waals surface area (Å²) in [6, 6.07) is 41.4. The third-order valence-electron chi connectivity index (χ3n) is 7.66. The standard InChI is InChI=1S/C37H32N4/c1-26(28-15-8-5-9-16-28)39-35(30-19-12-7-13-20-30)40-27(2)41-34-23-22-31(29-17-10-6-11-18-29)25-33(34)37(3,4)32-21-14-24-38-36(32)41/h5-25H,1H2,2-4H3. The summed E-state index contributed by atoms with van der Waals surface area (Å²) in [4.78, 5) is 17.1. The van der Waals surface area contributed by atoms with Gasteiger partial charge in [0.1, 0.15) is 11.7 Å². The molecular weight excluding hydrogens is 500 g/mol. The second kappa shape index (κ2) is 10.8. The van der Waals surface area contributed by atoms with Gasteiger partial charge in [0, 0.05) is 22.7 Å². The van der Waals surface area contributed by atoms with Crippen LogP contribution in [0, 0.1) is 0 Å². The van der Waals surface area contributed by atoms with E-state index in [0.717, 1.165) is 34.0 Å². The Balaban J connectivity index is 1.51. The highest BCUT2D eigenvalue weighted by Crippen LogP contribution is 2.49. The fourth-order valence-electron chi connectivity index (χ4n) is 5.46. The normalized spacial score (nSPS) is 14.3. The molecular formula is C37H32N4. The van der Waals surface area contributed by atoms with E-state index in [-0.39, 0.29) is 5.41 Å². The second-order valence-corrected chi connectivity index (χ2v) is 10.7. The minimum absolute atomic E-state index is 0.252. The van der Waals surface area contributed by atoms with Crippen molar-refractivity contribution in [1.29, 1.82) is 0 Å². The zero-order chi connectivity index (χ0) is 28.4. The molecule has 4 nitrogen and oxygen atoms in total. The van der Waals surface area contributed by atoms with Crippen LogP contribution in [0.5, 0.6) is 0 Å². The zero-order valence-electron chi connectivity index (χ0n) is 23.6. The Morgan fingerprint density at radius 3 is 2.00 bits per heavy atom. The Morgan fingerprint density at radius 1 is 0.683 bits per heavy atom. The first-order chi connectivity index (χ1) is 19.9. The van der Waals surface area contributed by atoms with Gasteiger partial charge in [-0.25, -0.2) is 15.0 Å². The van der Waals surface area contributed by atoms with Crippen molar-refractivity contribution in [2.24, 2.45) is 9.98 Å². The molecule has 0 saturated carbocycles. The van der Waals surface area contributed by atoms with Crippen molar-refractivity contribution in [2.75, 3.05) is 4.90 Å². The van der Waals surface area contributed by atoms with Crippen LogP contribution in [0.25, 0.3) is 16.8 Å². The van der Waals surface area contributed by atoms with Gasteiger partial charge in [0.2, 0.25) is 0 Å².